The van der Waals surface area contributed by atoms with E-state index < -0.39 is 17.7 Å². The summed E-state index contributed by atoms with van der Waals surface area (Å²) < 4.78 is 45.8. The van der Waals surface area contributed by atoms with Gasteiger partial charge in [0.2, 0.25) is 0 Å². The van der Waals surface area contributed by atoms with Crippen LogP contribution < -0.4 is 5.32 Å². The maximum Gasteiger partial charge on any atom is 0.416 e. The van der Waals surface area contributed by atoms with Gasteiger partial charge in [0.1, 0.15) is 9.71 Å². The molecule has 1 aromatic carbocycles. The number of hydrogen-bond acceptors (Lipinski definition) is 5. The highest BCUT2D eigenvalue weighted by molar-refractivity contribution is 7.20. The van der Waals surface area contributed by atoms with E-state index in [9.17, 15) is 22.8 Å². The number of ether oxygens (including phenoxy) is 1. The summed E-state index contributed by atoms with van der Waals surface area (Å²) in [4.78, 5) is 25.4. The fraction of sp³-hybridized carbons (Fsp3) is 0.409. The Morgan fingerprint density at radius 3 is 2.69 bits per heavy atom. The lowest BCUT2D eigenvalue weighted by atomic mass is 9.95. The predicted octanol–water partition coefficient (Wildman–Crippen LogP) is 5.02. The summed E-state index contributed by atoms with van der Waals surface area (Å²) >= 11 is 1.06. The van der Waals surface area contributed by atoms with Gasteiger partial charge in [-0.25, -0.2) is 9.48 Å². The first-order valence-electron chi connectivity index (χ1n) is 10.4. The molecule has 1 fully saturated rings. The number of carbonyl (C=O) groups is 2. The van der Waals surface area contributed by atoms with E-state index >= 15 is 0 Å². The molecule has 4 rings (SSSR count). The van der Waals surface area contributed by atoms with Crippen LogP contribution in [0.5, 0.6) is 0 Å². The van der Waals surface area contributed by atoms with Crippen molar-refractivity contribution in [3.8, 4) is 5.69 Å². The second-order valence-corrected chi connectivity index (χ2v) is 8.88. The number of halogens is 3. The molecule has 1 N–H and O–H groups in total. The Bertz CT molecular complexity index is 1150. The van der Waals surface area contributed by atoms with Gasteiger partial charge in [0.05, 0.1) is 16.9 Å². The third-order valence-corrected chi connectivity index (χ3v) is 6.56. The molecule has 0 unspecified atom stereocenters. The fourth-order valence-electron chi connectivity index (χ4n) is 3.86. The molecule has 10 heteroatoms. The lowest BCUT2D eigenvalue weighted by Crippen LogP contribution is -2.38. The number of amides is 1. The molecule has 2 heterocycles. The molecule has 1 aliphatic rings. The molecule has 2 aromatic heterocycles. The van der Waals surface area contributed by atoms with Crippen LogP contribution in [-0.2, 0) is 15.7 Å². The summed E-state index contributed by atoms with van der Waals surface area (Å²) in [6.45, 7) is 1.34. The molecule has 6 nitrogen and oxygen atoms in total. The summed E-state index contributed by atoms with van der Waals surface area (Å²) in [6, 6.07) is 6.56. The van der Waals surface area contributed by atoms with E-state index in [2.05, 4.69) is 10.4 Å². The number of nitrogens with zero attached hydrogens (tertiary/aromatic N) is 2. The van der Waals surface area contributed by atoms with Gasteiger partial charge in [0.15, 0.2) is 6.61 Å². The van der Waals surface area contributed by atoms with Crippen molar-refractivity contribution in [2.45, 2.75) is 51.2 Å². The second-order valence-electron chi connectivity index (χ2n) is 7.85. The van der Waals surface area contributed by atoms with Crippen LogP contribution in [0.4, 0.5) is 13.2 Å². The maximum absolute atomic E-state index is 13.1. The molecule has 0 spiro atoms. The van der Waals surface area contributed by atoms with Gasteiger partial charge in [0.25, 0.3) is 5.91 Å². The SMILES string of the molecule is Cc1nn(-c2cccc(C(F)(F)F)c2)c2sc(C(=O)OCC(=O)NC3CCCCC3)cc12. The number of hydrogen-bond donors (Lipinski definition) is 1. The van der Waals surface area contributed by atoms with Gasteiger partial charge in [-0.3, -0.25) is 4.79 Å². The molecule has 0 radical (unpaired) electrons. The number of benzene rings is 1. The first-order valence-corrected chi connectivity index (χ1v) is 11.2. The molecule has 0 saturated heterocycles. The van der Waals surface area contributed by atoms with Gasteiger partial charge in [-0.2, -0.15) is 18.3 Å². The minimum absolute atomic E-state index is 0.125. The van der Waals surface area contributed by atoms with E-state index in [0.29, 0.717) is 15.9 Å². The average Bonchev–Trinajstić information content (AvgIpc) is 3.33. The zero-order chi connectivity index (χ0) is 22.9. The average molecular weight is 465 g/mol. The Balaban J connectivity index is 1.49. The monoisotopic (exact) mass is 465 g/mol. The Hall–Kier alpha value is -2.88. The lowest BCUT2D eigenvalue weighted by Gasteiger charge is -2.22. The topological polar surface area (TPSA) is 73.2 Å². The minimum atomic E-state index is -4.47. The molecular weight excluding hydrogens is 443 g/mol. The van der Waals surface area contributed by atoms with Crippen molar-refractivity contribution in [3.05, 3.63) is 46.5 Å². The zero-order valence-corrected chi connectivity index (χ0v) is 18.2. The molecule has 0 bridgehead atoms. The number of aromatic nitrogens is 2. The predicted molar refractivity (Wildman–Crippen MR) is 114 cm³/mol. The molecule has 170 valence electrons. The third-order valence-electron chi connectivity index (χ3n) is 5.47. The number of fused-ring (bicyclic) bond motifs is 1. The van der Waals surface area contributed by atoms with Crippen LogP contribution in [0.15, 0.2) is 30.3 Å². The highest BCUT2D eigenvalue weighted by Crippen LogP contribution is 2.34. The van der Waals surface area contributed by atoms with Crippen molar-refractivity contribution in [3.63, 3.8) is 0 Å². The van der Waals surface area contributed by atoms with Crippen molar-refractivity contribution >= 4 is 33.4 Å². The van der Waals surface area contributed by atoms with Crippen LogP contribution in [0.2, 0.25) is 0 Å². The number of carbonyl (C=O) groups excluding carboxylic acids is 2. The summed E-state index contributed by atoms with van der Waals surface area (Å²) in [5, 5.41) is 7.86. The fourth-order valence-corrected chi connectivity index (χ4v) is 4.93. The Kier molecular flexibility index (Phi) is 6.23. The van der Waals surface area contributed by atoms with Crippen LogP contribution in [-0.4, -0.2) is 34.3 Å². The van der Waals surface area contributed by atoms with Gasteiger partial charge in [-0.1, -0.05) is 25.3 Å². The van der Waals surface area contributed by atoms with Crippen LogP contribution in [0.25, 0.3) is 15.9 Å². The molecule has 1 saturated carbocycles. The largest absolute Gasteiger partial charge is 0.451 e. The number of thiophene rings is 1. The van der Waals surface area contributed by atoms with Crippen molar-refractivity contribution in [1.29, 1.82) is 0 Å². The summed E-state index contributed by atoms with van der Waals surface area (Å²) in [5.41, 5.74) is 0.0331. The molecule has 1 amide bonds. The van der Waals surface area contributed by atoms with Crippen LogP contribution in [0, 0.1) is 6.92 Å². The van der Waals surface area contributed by atoms with Crippen molar-refractivity contribution < 1.29 is 27.5 Å². The van der Waals surface area contributed by atoms with E-state index in [-0.39, 0.29) is 29.1 Å². The smallest absolute Gasteiger partial charge is 0.416 e. The van der Waals surface area contributed by atoms with Gasteiger partial charge >= 0.3 is 12.1 Å². The molecule has 3 aromatic rings. The second kappa shape index (κ2) is 8.93. The van der Waals surface area contributed by atoms with E-state index in [1.54, 1.807) is 13.0 Å². The van der Waals surface area contributed by atoms with Crippen LogP contribution >= 0.6 is 11.3 Å². The van der Waals surface area contributed by atoms with Crippen LogP contribution in [0.1, 0.15) is 53.0 Å². The van der Waals surface area contributed by atoms with Crippen molar-refractivity contribution in [2.75, 3.05) is 6.61 Å². The molecule has 32 heavy (non-hydrogen) atoms. The Morgan fingerprint density at radius 2 is 1.97 bits per heavy atom. The van der Waals surface area contributed by atoms with E-state index in [4.69, 9.17) is 4.74 Å². The number of nitrogens with one attached hydrogen (secondary N) is 1. The highest BCUT2D eigenvalue weighted by atomic mass is 32.1. The van der Waals surface area contributed by atoms with E-state index in [1.807, 2.05) is 0 Å². The number of aryl methyl sites for hydroxylation is 1. The highest BCUT2D eigenvalue weighted by Gasteiger charge is 2.31. The first-order chi connectivity index (χ1) is 15.2. The minimum Gasteiger partial charge on any atom is -0.451 e. The van der Waals surface area contributed by atoms with E-state index in [1.165, 1.54) is 23.2 Å². The van der Waals surface area contributed by atoms with Gasteiger partial charge in [0, 0.05) is 11.4 Å². The lowest BCUT2D eigenvalue weighted by molar-refractivity contribution is -0.137. The maximum atomic E-state index is 13.1. The van der Waals surface area contributed by atoms with Gasteiger partial charge < -0.3 is 10.1 Å². The standard InChI is InChI=1S/C22H22F3N3O3S/c1-13-17-11-18(21(30)31-12-19(29)26-15-7-3-2-4-8-15)32-20(17)28(27-13)16-9-5-6-14(10-16)22(23,24)25/h5-6,9-11,15H,2-4,7-8,12H2,1H3,(H,26,29). The number of alkyl halides is 3. The zero-order valence-electron chi connectivity index (χ0n) is 17.4. The van der Waals surface area contributed by atoms with E-state index in [0.717, 1.165) is 49.2 Å². The molecule has 0 atom stereocenters. The number of esters is 1. The van der Waals surface area contributed by atoms with Crippen molar-refractivity contribution in [2.24, 2.45) is 0 Å². The van der Waals surface area contributed by atoms with Crippen molar-refractivity contribution in [1.82, 2.24) is 15.1 Å². The summed E-state index contributed by atoms with van der Waals surface area (Å²) in [5.74, 6) is -0.988. The van der Waals surface area contributed by atoms with Crippen LogP contribution in [0.3, 0.4) is 0 Å². The van der Waals surface area contributed by atoms with Gasteiger partial charge in [-0.05, 0) is 44.0 Å². The number of rotatable bonds is 5. The third kappa shape index (κ3) is 4.79. The Morgan fingerprint density at radius 1 is 1.22 bits per heavy atom. The molecule has 1 aliphatic carbocycles. The molecule has 0 aliphatic heterocycles. The Labute approximate surface area is 186 Å². The molecular formula is C22H22F3N3O3S. The summed E-state index contributed by atoms with van der Waals surface area (Å²) in [6.07, 6.45) is 0.719. The quantitative estimate of drug-likeness (QED) is 0.537. The first kappa shape index (κ1) is 22.3. The normalized spacial score (nSPS) is 15.1. The summed E-state index contributed by atoms with van der Waals surface area (Å²) in [7, 11) is 0. The van der Waals surface area contributed by atoms with Gasteiger partial charge in [-0.15, -0.1) is 11.3 Å².